The number of ether oxygens (including phenoxy) is 2. The molecular formula is C17H18Cl2N2O5S. The summed E-state index contributed by atoms with van der Waals surface area (Å²) in [4.78, 5) is 12.4. The number of amides is 1. The van der Waals surface area contributed by atoms with Crippen LogP contribution >= 0.6 is 23.2 Å². The number of nitrogens with one attached hydrogen (secondary N) is 1. The number of carbonyl (C=O) groups excluding carboxylic acids is 1. The average Bonchev–Trinajstić information content (AvgIpc) is 2.62. The monoisotopic (exact) mass is 432 g/mol. The molecule has 1 amide bonds. The van der Waals surface area contributed by atoms with Crippen LogP contribution in [0.2, 0.25) is 10.0 Å². The van der Waals surface area contributed by atoms with Crippen LogP contribution in [0.15, 0.2) is 41.3 Å². The molecule has 2 aromatic rings. The lowest BCUT2D eigenvalue weighted by atomic mass is 10.2. The molecule has 1 N–H and O–H groups in total. The van der Waals surface area contributed by atoms with Crippen molar-refractivity contribution in [2.24, 2.45) is 0 Å². The first-order chi connectivity index (χ1) is 12.7. The van der Waals surface area contributed by atoms with Gasteiger partial charge in [-0.3, -0.25) is 4.79 Å². The minimum atomic E-state index is -3.84. The van der Waals surface area contributed by atoms with E-state index in [9.17, 15) is 13.2 Å². The number of sulfonamides is 1. The summed E-state index contributed by atoms with van der Waals surface area (Å²) >= 11 is 11.8. The third kappa shape index (κ3) is 5.04. The van der Waals surface area contributed by atoms with Gasteiger partial charge in [0.1, 0.15) is 11.5 Å². The Kier molecular flexibility index (Phi) is 6.94. The maximum atomic E-state index is 12.5. The Bertz CT molecular complexity index is 933. The zero-order valence-corrected chi connectivity index (χ0v) is 17.2. The van der Waals surface area contributed by atoms with Crippen molar-refractivity contribution in [3.05, 3.63) is 46.4 Å². The Balaban J connectivity index is 2.16. The number of anilines is 1. The summed E-state index contributed by atoms with van der Waals surface area (Å²) < 4.78 is 36.3. The number of hydrogen-bond acceptors (Lipinski definition) is 5. The lowest BCUT2D eigenvalue weighted by Gasteiger charge is -2.18. The molecule has 0 heterocycles. The summed E-state index contributed by atoms with van der Waals surface area (Å²) in [5.41, 5.74) is 0.307. The van der Waals surface area contributed by atoms with Crippen molar-refractivity contribution in [3.8, 4) is 11.5 Å². The lowest BCUT2D eigenvalue weighted by Crippen LogP contribution is -2.35. The normalized spacial score (nSPS) is 11.3. The van der Waals surface area contributed by atoms with E-state index in [4.69, 9.17) is 32.7 Å². The number of benzene rings is 2. The van der Waals surface area contributed by atoms with Crippen molar-refractivity contribution in [3.63, 3.8) is 0 Å². The standard InChI is InChI=1S/C17H18Cl2N2O5S/c1-21(27(23,24)12-6-4-11(18)5-7-12)10-17(22)20-14-9-15(25-2)13(19)8-16(14)26-3/h4-9H,10H2,1-3H3,(H,20,22). The highest BCUT2D eigenvalue weighted by atomic mass is 35.5. The summed E-state index contributed by atoms with van der Waals surface area (Å²) in [5.74, 6) is 0.102. The van der Waals surface area contributed by atoms with Crippen molar-refractivity contribution in [2.45, 2.75) is 4.90 Å². The second kappa shape index (κ2) is 8.79. The molecule has 0 aliphatic heterocycles. The van der Waals surface area contributed by atoms with Gasteiger partial charge < -0.3 is 14.8 Å². The maximum absolute atomic E-state index is 12.5. The number of likely N-dealkylation sites (N-methyl/N-ethyl adjacent to an activating group) is 1. The second-order valence-electron chi connectivity index (χ2n) is 5.45. The fraction of sp³-hybridized carbons (Fsp3) is 0.235. The van der Waals surface area contributed by atoms with Gasteiger partial charge in [0.15, 0.2) is 0 Å². The van der Waals surface area contributed by atoms with Gasteiger partial charge >= 0.3 is 0 Å². The third-order valence-corrected chi connectivity index (χ3v) is 6.00. The van der Waals surface area contributed by atoms with Crippen LogP contribution in [0.5, 0.6) is 11.5 Å². The van der Waals surface area contributed by atoms with Gasteiger partial charge in [0, 0.05) is 24.2 Å². The van der Waals surface area contributed by atoms with Crippen molar-refractivity contribution < 1.29 is 22.7 Å². The predicted molar refractivity (Wildman–Crippen MR) is 104 cm³/mol. The molecule has 0 aromatic heterocycles. The highest BCUT2D eigenvalue weighted by molar-refractivity contribution is 7.89. The average molecular weight is 433 g/mol. The first kappa shape index (κ1) is 21.3. The Morgan fingerprint density at radius 3 is 2.22 bits per heavy atom. The van der Waals surface area contributed by atoms with Crippen LogP contribution in [0.1, 0.15) is 0 Å². The highest BCUT2D eigenvalue weighted by Crippen LogP contribution is 2.35. The molecule has 0 bridgehead atoms. The molecule has 2 rings (SSSR count). The molecule has 2 aromatic carbocycles. The Hall–Kier alpha value is -2.00. The molecule has 27 heavy (non-hydrogen) atoms. The fourth-order valence-corrected chi connectivity index (χ4v) is 3.71. The number of rotatable bonds is 7. The van der Waals surface area contributed by atoms with E-state index < -0.39 is 22.5 Å². The molecule has 0 unspecified atom stereocenters. The van der Waals surface area contributed by atoms with E-state index in [0.717, 1.165) is 4.31 Å². The lowest BCUT2D eigenvalue weighted by molar-refractivity contribution is -0.116. The molecule has 0 aliphatic rings. The van der Waals surface area contributed by atoms with Gasteiger partial charge in [-0.2, -0.15) is 4.31 Å². The first-order valence-electron chi connectivity index (χ1n) is 7.62. The SMILES string of the molecule is COc1cc(NC(=O)CN(C)S(=O)(=O)c2ccc(Cl)cc2)c(OC)cc1Cl. The maximum Gasteiger partial charge on any atom is 0.243 e. The number of halogens is 2. The molecular weight excluding hydrogens is 415 g/mol. The largest absolute Gasteiger partial charge is 0.495 e. The van der Waals surface area contributed by atoms with Gasteiger partial charge in [0.05, 0.1) is 36.4 Å². The Morgan fingerprint density at radius 2 is 1.67 bits per heavy atom. The van der Waals surface area contributed by atoms with E-state index in [1.54, 1.807) is 0 Å². The van der Waals surface area contributed by atoms with E-state index in [0.29, 0.717) is 27.2 Å². The van der Waals surface area contributed by atoms with Gasteiger partial charge in [-0.25, -0.2) is 8.42 Å². The third-order valence-electron chi connectivity index (χ3n) is 3.64. The first-order valence-corrected chi connectivity index (χ1v) is 9.82. The zero-order valence-electron chi connectivity index (χ0n) is 14.8. The second-order valence-corrected chi connectivity index (χ2v) is 8.34. The molecule has 0 fully saturated rings. The molecule has 0 saturated carbocycles. The highest BCUT2D eigenvalue weighted by Gasteiger charge is 2.23. The topological polar surface area (TPSA) is 84.9 Å². The number of methoxy groups -OCH3 is 2. The van der Waals surface area contributed by atoms with Crippen LogP contribution in [-0.2, 0) is 14.8 Å². The van der Waals surface area contributed by atoms with Crippen LogP contribution in [0, 0.1) is 0 Å². The van der Waals surface area contributed by atoms with Crippen LogP contribution in [-0.4, -0.2) is 46.4 Å². The molecule has 7 nitrogen and oxygen atoms in total. The molecule has 0 radical (unpaired) electrons. The molecule has 10 heteroatoms. The van der Waals surface area contributed by atoms with Gasteiger partial charge in [0.25, 0.3) is 0 Å². The van der Waals surface area contributed by atoms with E-state index in [1.165, 1.54) is 57.7 Å². The Morgan fingerprint density at radius 1 is 1.07 bits per heavy atom. The summed E-state index contributed by atoms with van der Waals surface area (Å²) in [6.07, 6.45) is 0. The van der Waals surface area contributed by atoms with E-state index >= 15 is 0 Å². The van der Waals surface area contributed by atoms with Crippen molar-refractivity contribution >= 4 is 44.8 Å². The molecule has 0 atom stereocenters. The predicted octanol–water partition coefficient (Wildman–Crippen LogP) is 3.27. The van der Waals surface area contributed by atoms with Crippen LogP contribution in [0.25, 0.3) is 0 Å². The number of hydrogen-bond donors (Lipinski definition) is 1. The van der Waals surface area contributed by atoms with E-state index in [1.807, 2.05) is 0 Å². The van der Waals surface area contributed by atoms with Crippen molar-refractivity contribution in [2.75, 3.05) is 33.1 Å². The van der Waals surface area contributed by atoms with E-state index in [-0.39, 0.29) is 4.90 Å². The summed E-state index contributed by atoms with van der Waals surface area (Å²) in [7, 11) is 0.325. The molecule has 0 aliphatic carbocycles. The molecule has 0 spiro atoms. The summed E-state index contributed by atoms with van der Waals surface area (Å²) in [5, 5.41) is 3.33. The smallest absolute Gasteiger partial charge is 0.243 e. The van der Waals surface area contributed by atoms with Gasteiger partial charge in [-0.1, -0.05) is 23.2 Å². The molecule has 146 valence electrons. The molecule has 0 saturated heterocycles. The minimum Gasteiger partial charge on any atom is -0.495 e. The fourth-order valence-electron chi connectivity index (χ4n) is 2.22. The summed E-state index contributed by atoms with van der Waals surface area (Å²) in [6.45, 7) is -0.404. The summed E-state index contributed by atoms with van der Waals surface area (Å²) in [6, 6.07) is 8.66. The van der Waals surface area contributed by atoms with Crippen LogP contribution < -0.4 is 14.8 Å². The Labute approximate surface area is 167 Å². The van der Waals surface area contributed by atoms with Gasteiger partial charge in [0.2, 0.25) is 15.9 Å². The van der Waals surface area contributed by atoms with Crippen molar-refractivity contribution in [1.29, 1.82) is 0 Å². The van der Waals surface area contributed by atoms with Crippen LogP contribution in [0.4, 0.5) is 5.69 Å². The van der Waals surface area contributed by atoms with E-state index in [2.05, 4.69) is 5.32 Å². The zero-order chi connectivity index (χ0) is 20.2. The minimum absolute atomic E-state index is 0.0351. The quantitative estimate of drug-likeness (QED) is 0.725. The van der Waals surface area contributed by atoms with Gasteiger partial charge in [-0.05, 0) is 24.3 Å². The number of carbonyl (C=O) groups is 1. The van der Waals surface area contributed by atoms with Crippen molar-refractivity contribution in [1.82, 2.24) is 4.31 Å². The van der Waals surface area contributed by atoms with Gasteiger partial charge in [-0.15, -0.1) is 0 Å². The number of nitrogens with zero attached hydrogens (tertiary/aromatic N) is 1. The van der Waals surface area contributed by atoms with Crippen LogP contribution in [0.3, 0.4) is 0 Å².